The Kier molecular flexibility index (Phi) is 4.27. The van der Waals surface area contributed by atoms with E-state index in [1.165, 1.54) is 12.8 Å². The molecule has 3 nitrogen and oxygen atoms in total. The molecule has 0 saturated heterocycles. The molecule has 0 unspecified atom stereocenters. The lowest BCUT2D eigenvalue weighted by Gasteiger charge is -2.04. The quantitative estimate of drug-likeness (QED) is 0.906. The first kappa shape index (κ1) is 14.5. The summed E-state index contributed by atoms with van der Waals surface area (Å²) in [7, 11) is 0. The summed E-state index contributed by atoms with van der Waals surface area (Å²) in [5, 5.41) is 4.81. The number of nitrogens with zero attached hydrogens (tertiary/aromatic N) is 1. The van der Waals surface area contributed by atoms with Crippen LogP contribution >= 0.6 is 22.9 Å². The van der Waals surface area contributed by atoms with Gasteiger partial charge in [0.05, 0.1) is 10.7 Å². The van der Waals surface area contributed by atoms with Crippen LogP contribution in [0.5, 0.6) is 0 Å². The van der Waals surface area contributed by atoms with Gasteiger partial charge in [-0.25, -0.2) is 4.98 Å². The number of thiazole rings is 1. The minimum atomic E-state index is -0.0149. The van der Waals surface area contributed by atoms with Gasteiger partial charge in [0.15, 0.2) is 0 Å². The molecule has 1 saturated carbocycles. The number of rotatable bonds is 5. The van der Waals surface area contributed by atoms with Crippen molar-refractivity contribution in [2.45, 2.75) is 32.1 Å². The zero-order valence-corrected chi connectivity index (χ0v) is 13.4. The van der Waals surface area contributed by atoms with Gasteiger partial charge < -0.3 is 5.32 Å². The van der Waals surface area contributed by atoms with E-state index in [1.54, 1.807) is 11.3 Å². The third-order valence-electron chi connectivity index (χ3n) is 3.53. The van der Waals surface area contributed by atoms with Gasteiger partial charge in [-0.2, -0.15) is 0 Å². The van der Waals surface area contributed by atoms with Gasteiger partial charge in [-0.15, -0.1) is 11.3 Å². The largest absolute Gasteiger partial charge is 0.351 e. The van der Waals surface area contributed by atoms with Crippen LogP contribution in [0.25, 0.3) is 0 Å². The summed E-state index contributed by atoms with van der Waals surface area (Å²) in [6.45, 7) is 2.52. The number of aryl methyl sites for hydroxylation is 1. The fourth-order valence-electron chi connectivity index (χ4n) is 2.23. The summed E-state index contributed by atoms with van der Waals surface area (Å²) in [6, 6.07) is 7.72. The number of aromatic nitrogens is 1. The van der Waals surface area contributed by atoms with Crippen LogP contribution in [-0.2, 0) is 6.42 Å². The van der Waals surface area contributed by atoms with Crippen molar-refractivity contribution < 1.29 is 4.79 Å². The highest BCUT2D eigenvalue weighted by atomic mass is 35.5. The molecule has 0 atom stereocenters. The van der Waals surface area contributed by atoms with Crippen molar-refractivity contribution in [3.63, 3.8) is 0 Å². The molecule has 1 aliphatic carbocycles. The molecular weight excluding hydrogens is 304 g/mol. The Morgan fingerprint density at radius 1 is 1.48 bits per heavy atom. The molecule has 1 aromatic heterocycles. The highest BCUT2D eigenvalue weighted by molar-refractivity contribution is 7.13. The van der Waals surface area contributed by atoms with Gasteiger partial charge in [0.2, 0.25) is 0 Å². The Balaban J connectivity index is 1.56. The summed E-state index contributed by atoms with van der Waals surface area (Å²) >= 11 is 7.49. The van der Waals surface area contributed by atoms with Crippen LogP contribution in [0, 0.1) is 6.92 Å². The maximum atomic E-state index is 12.2. The van der Waals surface area contributed by atoms with E-state index >= 15 is 0 Å². The molecule has 0 aliphatic heterocycles. The smallest absolute Gasteiger partial charge is 0.263 e. The van der Waals surface area contributed by atoms with Crippen molar-refractivity contribution in [2.75, 3.05) is 6.54 Å². The lowest BCUT2D eigenvalue weighted by molar-refractivity contribution is 0.0957. The van der Waals surface area contributed by atoms with Gasteiger partial charge >= 0.3 is 0 Å². The molecule has 110 valence electrons. The number of nitrogens with one attached hydrogen (secondary N) is 1. The molecule has 3 rings (SSSR count). The Bertz CT molecular complexity index is 664. The van der Waals surface area contributed by atoms with Gasteiger partial charge in [-0.3, -0.25) is 4.79 Å². The standard InChI is InChI=1S/C16H17ClN2OS/c1-10-14(21-16(19-10)12-5-6-12)15(20)18-8-7-11-3-2-4-13(17)9-11/h2-4,9,12H,5-8H2,1H3,(H,18,20). The Labute approximate surface area is 133 Å². The van der Waals surface area contributed by atoms with Crippen molar-refractivity contribution in [3.05, 3.63) is 50.4 Å². The second-order valence-corrected chi connectivity index (χ2v) is 6.84. The molecule has 1 heterocycles. The van der Waals surface area contributed by atoms with E-state index < -0.39 is 0 Å². The summed E-state index contributed by atoms with van der Waals surface area (Å²) in [5.41, 5.74) is 1.98. The van der Waals surface area contributed by atoms with E-state index in [2.05, 4.69) is 10.3 Å². The maximum Gasteiger partial charge on any atom is 0.263 e. The molecule has 1 amide bonds. The maximum absolute atomic E-state index is 12.2. The monoisotopic (exact) mass is 320 g/mol. The highest BCUT2D eigenvalue weighted by Gasteiger charge is 2.28. The van der Waals surface area contributed by atoms with Gasteiger partial charge in [0.1, 0.15) is 4.88 Å². The zero-order chi connectivity index (χ0) is 14.8. The molecule has 1 N–H and O–H groups in total. The number of carbonyl (C=O) groups is 1. The zero-order valence-electron chi connectivity index (χ0n) is 11.9. The normalized spacial score (nSPS) is 14.2. The molecule has 0 spiro atoms. The van der Waals surface area contributed by atoms with Crippen LogP contribution in [0.2, 0.25) is 5.02 Å². The SMILES string of the molecule is Cc1nc(C2CC2)sc1C(=O)NCCc1cccc(Cl)c1. The second-order valence-electron chi connectivity index (χ2n) is 5.38. The first-order chi connectivity index (χ1) is 10.1. The van der Waals surface area contributed by atoms with Crippen LogP contribution in [0.1, 0.15) is 44.7 Å². The molecule has 5 heteroatoms. The molecule has 0 bridgehead atoms. The molecule has 21 heavy (non-hydrogen) atoms. The number of halogens is 1. The topological polar surface area (TPSA) is 42.0 Å². The first-order valence-corrected chi connectivity index (χ1v) is 8.33. The molecule has 1 aromatic carbocycles. The Morgan fingerprint density at radius 3 is 3.00 bits per heavy atom. The first-order valence-electron chi connectivity index (χ1n) is 7.13. The number of amides is 1. The van der Waals surface area contributed by atoms with Crippen molar-refractivity contribution in [3.8, 4) is 0 Å². The van der Waals surface area contributed by atoms with Gasteiger partial charge in [-0.05, 0) is 43.9 Å². The predicted octanol–water partition coefficient (Wildman–Crippen LogP) is 3.95. The van der Waals surface area contributed by atoms with Crippen molar-refractivity contribution in [1.29, 1.82) is 0 Å². The molecular formula is C16H17ClN2OS. The predicted molar refractivity (Wildman–Crippen MR) is 86.3 cm³/mol. The van der Waals surface area contributed by atoms with Gasteiger partial charge in [-0.1, -0.05) is 23.7 Å². The number of hydrogen-bond donors (Lipinski definition) is 1. The summed E-state index contributed by atoms with van der Waals surface area (Å²) < 4.78 is 0. The van der Waals surface area contributed by atoms with Crippen LogP contribution in [0.3, 0.4) is 0 Å². The molecule has 1 aliphatic rings. The number of hydrogen-bond acceptors (Lipinski definition) is 3. The van der Waals surface area contributed by atoms with Crippen LogP contribution < -0.4 is 5.32 Å². The molecule has 1 fully saturated rings. The average Bonchev–Trinajstić information content (AvgIpc) is 3.22. The highest BCUT2D eigenvalue weighted by Crippen LogP contribution is 2.42. The third kappa shape index (κ3) is 3.63. The minimum absolute atomic E-state index is 0.0149. The number of benzene rings is 1. The summed E-state index contributed by atoms with van der Waals surface area (Å²) in [5.74, 6) is 0.584. The number of carbonyl (C=O) groups excluding carboxylic acids is 1. The summed E-state index contributed by atoms with van der Waals surface area (Å²) in [6.07, 6.45) is 3.20. The van der Waals surface area contributed by atoms with Gasteiger partial charge in [0, 0.05) is 17.5 Å². The molecule has 2 aromatic rings. The Hall–Kier alpha value is -1.39. The fourth-order valence-corrected chi connectivity index (χ4v) is 3.59. The van der Waals surface area contributed by atoms with E-state index in [1.807, 2.05) is 31.2 Å². The lowest BCUT2D eigenvalue weighted by atomic mass is 10.1. The lowest BCUT2D eigenvalue weighted by Crippen LogP contribution is -2.25. The van der Waals surface area contributed by atoms with Crippen LogP contribution in [0.15, 0.2) is 24.3 Å². The van der Waals surface area contributed by atoms with Crippen molar-refractivity contribution in [2.24, 2.45) is 0 Å². The third-order valence-corrected chi connectivity index (χ3v) is 5.09. The van der Waals surface area contributed by atoms with Crippen LogP contribution in [0.4, 0.5) is 0 Å². The van der Waals surface area contributed by atoms with E-state index in [4.69, 9.17) is 11.6 Å². The second kappa shape index (κ2) is 6.16. The average molecular weight is 321 g/mol. The van der Waals surface area contributed by atoms with Crippen molar-refractivity contribution in [1.82, 2.24) is 10.3 Å². The fraction of sp³-hybridized carbons (Fsp3) is 0.375. The van der Waals surface area contributed by atoms with E-state index in [-0.39, 0.29) is 5.91 Å². The Morgan fingerprint density at radius 2 is 2.29 bits per heavy atom. The molecule has 0 radical (unpaired) electrons. The minimum Gasteiger partial charge on any atom is -0.351 e. The summed E-state index contributed by atoms with van der Waals surface area (Å²) in [4.78, 5) is 17.5. The van der Waals surface area contributed by atoms with E-state index in [9.17, 15) is 4.79 Å². The van der Waals surface area contributed by atoms with Crippen molar-refractivity contribution >= 4 is 28.8 Å². The van der Waals surface area contributed by atoms with Gasteiger partial charge in [0.25, 0.3) is 5.91 Å². The van der Waals surface area contributed by atoms with Crippen LogP contribution in [-0.4, -0.2) is 17.4 Å². The van der Waals surface area contributed by atoms with E-state index in [0.29, 0.717) is 12.5 Å². The van der Waals surface area contributed by atoms with E-state index in [0.717, 1.165) is 32.6 Å².